The molecule has 6 nitrogen and oxygen atoms in total. The third-order valence-corrected chi connectivity index (χ3v) is 5.34. The molecular weight excluding hydrogens is 386 g/mol. The van der Waals surface area contributed by atoms with Gasteiger partial charge in [-0.2, -0.15) is 9.50 Å². The lowest BCUT2D eigenvalue weighted by atomic mass is 10.2. The number of thiazole rings is 1. The van der Waals surface area contributed by atoms with Crippen LogP contribution in [0.3, 0.4) is 0 Å². The van der Waals surface area contributed by atoms with Crippen LogP contribution in [0.15, 0.2) is 53.3 Å². The van der Waals surface area contributed by atoms with Gasteiger partial charge in [0.15, 0.2) is 23.4 Å². The van der Waals surface area contributed by atoms with Crippen molar-refractivity contribution < 1.29 is 9.47 Å². The Morgan fingerprint density at radius 1 is 1.19 bits per heavy atom. The summed E-state index contributed by atoms with van der Waals surface area (Å²) >= 11 is 7.28. The highest BCUT2D eigenvalue weighted by molar-refractivity contribution is 7.15. The van der Waals surface area contributed by atoms with E-state index in [1.54, 1.807) is 18.2 Å². The van der Waals surface area contributed by atoms with Crippen molar-refractivity contribution in [3.05, 3.63) is 79.8 Å². The molecule has 0 saturated carbocycles. The van der Waals surface area contributed by atoms with E-state index in [4.69, 9.17) is 21.1 Å². The number of halogens is 1. The van der Waals surface area contributed by atoms with Crippen LogP contribution >= 0.6 is 22.9 Å². The second-order valence-electron chi connectivity index (χ2n) is 6.00. The van der Waals surface area contributed by atoms with Gasteiger partial charge < -0.3 is 9.47 Å². The molecular formula is C19H12ClN3O3S. The molecule has 2 aromatic carbocycles. The topological polar surface area (TPSA) is 65.7 Å². The van der Waals surface area contributed by atoms with Crippen molar-refractivity contribution in [2.75, 3.05) is 6.61 Å². The summed E-state index contributed by atoms with van der Waals surface area (Å²) in [5.41, 5.74) is 0.635. The first kappa shape index (κ1) is 16.3. The van der Waals surface area contributed by atoms with E-state index in [1.165, 1.54) is 15.9 Å². The Kier molecular flexibility index (Phi) is 3.84. The summed E-state index contributed by atoms with van der Waals surface area (Å²) in [4.78, 5) is 17.6. The molecule has 0 amide bonds. The largest absolute Gasteiger partial charge is 0.485 e. The van der Waals surface area contributed by atoms with Crippen molar-refractivity contribution in [3.8, 4) is 11.5 Å². The van der Waals surface area contributed by atoms with Crippen LogP contribution in [-0.4, -0.2) is 21.2 Å². The monoisotopic (exact) mass is 397 g/mol. The number of fused-ring (bicyclic) bond motifs is 2. The highest BCUT2D eigenvalue weighted by Crippen LogP contribution is 2.35. The molecule has 134 valence electrons. The van der Waals surface area contributed by atoms with Crippen LogP contribution in [0.4, 0.5) is 0 Å². The van der Waals surface area contributed by atoms with E-state index in [2.05, 4.69) is 10.1 Å². The van der Waals surface area contributed by atoms with Gasteiger partial charge in [-0.05, 0) is 35.9 Å². The molecule has 2 aromatic heterocycles. The molecule has 0 bridgehead atoms. The van der Waals surface area contributed by atoms with Gasteiger partial charge in [0, 0.05) is 5.02 Å². The van der Waals surface area contributed by atoms with Crippen molar-refractivity contribution in [1.29, 1.82) is 0 Å². The fourth-order valence-corrected chi connectivity index (χ4v) is 3.99. The fraction of sp³-hybridized carbons (Fsp3) is 0.105. The molecule has 3 heterocycles. The lowest BCUT2D eigenvalue weighted by molar-refractivity contribution is 0.0852. The first-order valence-electron chi connectivity index (χ1n) is 8.23. The van der Waals surface area contributed by atoms with Gasteiger partial charge in [-0.1, -0.05) is 47.2 Å². The van der Waals surface area contributed by atoms with E-state index in [-0.39, 0.29) is 5.56 Å². The highest BCUT2D eigenvalue weighted by Gasteiger charge is 2.26. The summed E-state index contributed by atoms with van der Waals surface area (Å²) in [6.07, 6.45) is 1.33. The molecule has 1 atom stereocenters. The molecule has 0 saturated heterocycles. The third-order valence-electron chi connectivity index (χ3n) is 4.14. The average Bonchev–Trinajstić information content (AvgIpc) is 3.21. The minimum absolute atomic E-state index is 0.217. The Bertz CT molecular complexity index is 1270. The molecule has 27 heavy (non-hydrogen) atoms. The summed E-state index contributed by atoms with van der Waals surface area (Å²) in [5.74, 6) is 1.77. The van der Waals surface area contributed by atoms with Crippen LogP contribution in [0.5, 0.6) is 11.5 Å². The zero-order valence-electron chi connectivity index (χ0n) is 13.8. The van der Waals surface area contributed by atoms with Crippen LogP contribution in [0, 0.1) is 0 Å². The zero-order chi connectivity index (χ0) is 18.4. The lowest BCUT2D eigenvalue weighted by Gasteiger charge is -2.24. The van der Waals surface area contributed by atoms with Gasteiger partial charge in [0.05, 0.1) is 4.53 Å². The Morgan fingerprint density at radius 3 is 2.85 bits per heavy atom. The molecule has 1 aliphatic rings. The van der Waals surface area contributed by atoms with Crippen LogP contribution in [0.2, 0.25) is 5.02 Å². The van der Waals surface area contributed by atoms with Crippen LogP contribution in [-0.2, 0) is 0 Å². The van der Waals surface area contributed by atoms with E-state index in [0.717, 1.165) is 5.56 Å². The number of aromatic nitrogens is 3. The molecule has 0 unspecified atom stereocenters. The molecule has 0 radical (unpaired) electrons. The minimum atomic E-state index is -0.452. The molecule has 0 fully saturated rings. The molecule has 8 heteroatoms. The van der Waals surface area contributed by atoms with E-state index in [9.17, 15) is 4.79 Å². The van der Waals surface area contributed by atoms with E-state index < -0.39 is 6.10 Å². The molecule has 0 aliphatic carbocycles. The molecule has 0 spiro atoms. The van der Waals surface area contributed by atoms with Crippen molar-refractivity contribution in [2.24, 2.45) is 0 Å². The Hall–Kier alpha value is -2.90. The maximum absolute atomic E-state index is 12.6. The molecule has 0 N–H and O–H groups in total. The van der Waals surface area contributed by atoms with Gasteiger partial charge >= 0.3 is 0 Å². The number of nitrogens with zero attached hydrogens (tertiary/aromatic N) is 3. The first-order chi connectivity index (χ1) is 13.2. The van der Waals surface area contributed by atoms with E-state index in [1.807, 2.05) is 36.4 Å². The zero-order valence-corrected chi connectivity index (χ0v) is 15.4. The normalized spacial score (nSPS) is 16.8. The van der Waals surface area contributed by atoms with Crippen molar-refractivity contribution in [3.63, 3.8) is 0 Å². The lowest BCUT2D eigenvalue weighted by Crippen LogP contribution is -2.26. The maximum atomic E-state index is 12.6. The summed E-state index contributed by atoms with van der Waals surface area (Å²) in [5, 5.41) is 4.96. The Morgan fingerprint density at radius 2 is 2.04 bits per heavy atom. The number of rotatable bonds is 2. The fourth-order valence-electron chi connectivity index (χ4n) is 2.88. The summed E-state index contributed by atoms with van der Waals surface area (Å²) in [7, 11) is 0. The van der Waals surface area contributed by atoms with Gasteiger partial charge in [-0.25, -0.2) is 0 Å². The quantitative estimate of drug-likeness (QED) is 0.520. The third kappa shape index (κ3) is 2.94. The van der Waals surface area contributed by atoms with Crippen LogP contribution in [0.1, 0.15) is 17.5 Å². The number of para-hydroxylation sites is 2. The van der Waals surface area contributed by atoms with Crippen molar-refractivity contribution in [2.45, 2.75) is 6.10 Å². The van der Waals surface area contributed by atoms with Gasteiger partial charge in [-0.3, -0.25) is 4.79 Å². The van der Waals surface area contributed by atoms with Gasteiger partial charge in [0.2, 0.25) is 4.96 Å². The second-order valence-corrected chi connectivity index (χ2v) is 7.44. The molecule has 1 aliphatic heterocycles. The summed E-state index contributed by atoms with van der Waals surface area (Å²) in [6.45, 7) is 0.296. The standard InChI is InChI=1S/C19H12ClN3O3S/c20-12-5-3-4-11(8-12)9-16-18(24)23-19(27-16)21-17(22-23)15-10-25-13-6-1-2-7-14(13)26-15/h1-9,15H,10H2/b16-9-/t15-/m1/s1. The first-order valence-corrected chi connectivity index (χ1v) is 9.42. The predicted octanol–water partition coefficient (Wildman–Crippen LogP) is 2.86. The SMILES string of the molecule is O=c1/c(=C/c2cccc(Cl)c2)sc2nc([C@H]3COc4ccccc4O3)nn12. The number of hydrogen-bond acceptors (Lipinski definition) is 6. The molecule has 5 rings (SSSR count). The number of hydrogen-bond donors (Lipinski definition) is 0. The summed E-state index contributed by atoms with van der Waals surface area (Å²) < 4.78 is 13.5. The minimum Gasteiger partial charge on any atom is -0.485 e. The predicted molar refractivity (Wildman–Crippen MR) is 103 cm³/mol. The smallest absolute Gasteiger partial charge is 0.291 e. The highest BCUT2D eigenvalue weighted by atomic mass is 35.5. The molecule has 4 aromatic rings. The number of benzene rings is 2. The van der Waals surface area contributed by atoms with E-state index in [0.29, 0.717) is 38.4 Å². The summed E-state index contributed by atoms with van der Waals surface area (Å²) in [6, 6.07) is 14.7. The van der Waals surface area contributed by atoms with Crippen LogP contribution in [0.25, 0.3) is 11.0 Å². The van der Waals surface area contributed by atoms with Gasteiger partial charge in [0.1, 0.15) is 6.61 Å². The van der Waals surface area contributed by atoms with Gasteiger partial charge in [0.25, 0.3) is 5.56 Å². The average molecular weight is 398 g/mol. The number of ether oxygens (including phenoxy) is 2. The Labute approximate surface area is 162 Å². The maximum Gasteiger partial charge on any atom is 0.291 e. The van der Waals surface area contributed by atoms with Crippen molar-refractivity contribution in [1.82, 2.24) is 14.6 Å². The van der Waals surface area contributed by atoms with Gasteiger partial charge in [-0.15, -0.1) is 5.10 Å². The second kappa shape index (κ2) is 6.37. The van der Waals surface area contributed by atoms with Crippen LogP contribution < -0.4 is 19.6 Å². The van der Waals surface area contributed by atoms with Crippen molar-refractivity contribution >= 4 is 34.0 Å². The Balaban J connectivity index is 1.50. The van der Waals surface area contributed by atoms with E-state index >= 15 is 0 Å².